The third-order valence-corrected chi connectivity index (χ3v) is 4.62. The van der Waals surface area contributed by atoms with Crippen LogP contribution in [0.3, 0.4) is 0 Å². The zero-order chi connectivity index (χ0) is 13.8. The molecule has 0 radical (unpaired) electrons. The van der Waals surface area contributed by atoms with Crippen molar-refractivity contribution in [2.75, 3.05) is 32.9 Å². The van der Waals surface area contributed by atoms with Crippen LogP contribution < -0.4 is 0 Å². The summed E-state index contributed by atoms with van der Waals surface area (Å²) in [6.45, 7) is 7.62. The van der Waals surface area contributed by atoms with Crippen LogP contribution >= 0.6 is 0 Å². The van der Waals surface area contributed by atoms with Crippen LogP contribution in [0.4, 0.5) is 0 Å². The summed E-state index contributed by atoms with van der Waals surface area (Å²) in [5, 5.41) is 0. The lowest BCUT2D eigenvalue weighted by Gasteiger charge is -2.50. The van der Waals surface area contributed by atoms with E-state index in [2.05, 4.69) is 17.9 Å². The van der Waals surface area contributed by atoms with Crippen LogP contribution in [-0.4, -0.2) is 43.9 Å². The average molecular weight is 279 g/mol. The molecule has 0 spiro atoms. The minimum Gasteiger partial charge on any atom is -0.468 e. The molecule has 0 bridgehead atoms. The van der Waals surface area contributed by atoms with E-state index in [0.717, 1.165) is 58.1 Å². The van der Waals surface area contributed by atoms with Crippen molar-refractivity contribution in [3.05, 3.63) is 24.2 Å². The molecule has 0 N–H and O–H groups in total. The third kappa shape index (κ3) is 2.92. The van der Waals surface area contributed by atoms with Crippen molar-refractivity contribution >= 4 is 0 Å². The predicted molar refractivity (Wildman–Crippen MR) is 76.5 cm³/mol. The van der Waals surface area contributed by atoms with Gasteiger partial charge in [-0.05, 0) is 38.3 Å². The molecule has 2 aliphatic heterocycles. The summed E-state index contributed by atoms with van der Waals surface area (Å²) in [5.74, 6) is 1.05. The number of piperidine rings is 1. The Morgan fingerprint density at radius 3 is 3.25 bits per heavy atom. The molecule has 0 unspecified atom stereocenters. The normalized spacial score (nSPS) is 31.1. The summed E-state index contributed by atoms with van der Waals surface area (Å²) in [4.78, 5) is 2.49. The molecule has 1 aromatic heterocycles. The molecule has 3 rings (SSSR count). The van der Waals surface area contributed by atoms with Crippen LogP contribution in [0.1, 0.15) is 31.9 Å². The summed E-state index contributed by atoms with van der Waals surface area (Å²) in [6, 6.07) is 4.01. The second-order valence-electron chi connectivity index (χ2n) is 6.04. The first-order chi connectivity index (χ1) is 9.82. The van der Waals surface area contributed by atoms with Gasteiger partial charge in [0.25, 0.3) is 0 Å². The highest BCUT2D eigenvalue weighted by atomic mass is 16.5. The SMILES string of the molecule is CCOC[C@@]12CCCO[C@H]1CCN(Cc1ccco1)C2. The molecule has 2 fully saturated rings. The van der Waals surface area contributed by atoms with Gasteiger partial charge in [-0.3, -0.25) is 4.90 Å². The summed E-state index contributed by atoms with van der Waals surface area (Å²) < 4.78 is 17.3. The van der Waals surface area contributed by atoms with Crippen LogP contribution in [0.15, 0.2) is 22.8 Å². The lowest BCUT2D eigenvalue weighted by atomic mass is 9.73. The Hall–Kier alpha value is -0.840. The fraction of sp³-hybridized carbons (Fsp3) is 0.750. The molecular weight excluding hydrogens is 254 g/mol. The second kappa shape index (κ2) is 6.29. The zero-order valence-electron chi connectivity index (χ0n) is 12.3. The molecule has 20 heavy (non-hydrogen) atoms. The number of rotatable bonds is 5. The molecule has 4 heteroatoms. The molecule has 2 saturated heterocycles. The maximum absolute atomic E-state index is 6.04. The van der Waals surface area contributed by atoms with Crippen LogP contribution in [0.25, 0.3) is 0 Å². The van der Waals surface area contributed by atoms with Crippen molar-refractivity contribution in [2.45, 2.75) is 38.8 Å². The van der Waals surface area contributed by atoms with Gasteiger partial charge < -0.3 is 13.9 Å². The summed E-state index contributed by atoms with van der Waals surface area (Å²) in [6.07, 6.45) is 5.59. The number of ether oxygens (including phenoxy) is 2. The molecular formula is C16H25NO3. The molecule has 2 aliphatic rings. The quantitative estimate of drug-likeness (QED) is 0.830. The van der Waals surface area contributed by atoms with Crippen LogP contribution in [0.5, 0.6) is 0 Å². The minimum absolute atomic E-state index is 0.180. The molecule has 3 heterocycles. The van der Waals surface area contributed by atoms with Gasteiger partial charge in [0.1, 0.15) is 5.76 Å². The smallest absolute Gasteiger partial charge is 0.117 e. The summed E-state index contributed by atoms with van der Waals surface area (Å²) in [7, 11) is 0. The maximum Gasteiger partial charge on any atom is 0.117 e. The van der Waals surface area contributed by atoms with E-state index in [9.17, 15) is 0 Å². The van der Waals surface area contributed by atoms with E-state index in [0.29, 0.717) is 6.10 Å². The Kier molecular flexibility index (Phi) is 4.44. The van der Waals surface area contributed by atoms with Gasteiger partial charge >= 0.3 is 0 Å². The molecule has 2 atom stereocenters. The standard InChI is InChI=1S/C16H25NO3/c1-2-18-13-16-7-4-10-20-15(16)6-8-17(12-16)11-14-5-3-9-19-14/h3,5,9,15H,2,4,6-8,10-13H2,1H3/t15-,16-/m0/s1. The number of fused-ring (bicyclic) bond motifs is 1. The second-order valence-corrected chi connectivity index (χ2v) is 6.04. The summed E-state index contributed by atoms with van der Waals surface area (Å²) in [5.41, 5.74) is 0.180. The fourth-order valence-corrected chi connectivity index (χ4v) is 3.66. The van der Waals surface area contributed by atoms with Crippen LogP contribution in [-0.2, 0) is 16.0 Å². The van der Waals surface area contributed by atoms with Gasteiger partial charge in [0.05, 0.1) is 25.5 Å². The van der Waals surface area contributed by atoms with Crippen molar-refractivity contribution < 1.29 is 13.9 Å². The van der Waals surface area contributed by atoms with E-state index in [1.807, 2.05) is 6.07 Å². The predicted octanol–water partition coefficient (Wildman–Crippen LogP) is 2.69. The van der Waals surface area contributed by atoms with Crippen LogP contribution in [0.2, 0.25) is 0 Å². The first-order valence-corrected chi connectivity index (χ1v) is 7.76. The van der Waals surface area contributed by atoms with Crippen molar-refractivity contribution in [2.24, 2.45) is 5.41 Å². The molecule has 0 aromatic carbocycles. The topological polar surface area (TPSA) is 34.8 Å². The maximum atomic E-state index is 6.04. The van der Waals surface area contributed by atoms with Gasteiger partial charge in [-0.2, -0.15) is 0 Å². The first-order valence-electron chi connectivity index (χ1n) is 7.76. The lowest BCUT2D eigenvalue weighted by Crippen LogP contribution is -2.56. The van der Waals surface area contributed by atoms with Gasteiger partial charge in [-0.25, -0.2) is 0 Å². The van der Waals surface area contributed by atoms with Gasteiger partial charge in [0, 0.05) is 31.7 Å². The number of furan rings is 1. The largest absolute Gasteiger partial charge is 0.468 e. The molecule has 0 amide bonds. The number of hydrogen-bond donors (Lipinski definition) is 0. The van der Waals surface area contributed by atoms with Crippen molar-refractivity contribution in [3.63, 3.8) is 0 Å². The molecule has 0 aliphatic carbocycles. The van der Waals surface area contributed by atoms with Crippen molar-refractivity contribution in [1.29, 1.82) is 0 Å². The highest BCUT2D eigenvalue weighted by Gasteiger charge is 2.46. The van der Waals surface area contributed by atoms with E-state index in [1.54, 1.807) is 6.26 Å². The van der Waals surface area contributed by atoms with Crippen LogP contribution in [0, 0.1) is 5.41 Å². The first kappa shape index (κ1) is 14.1. The average Bonchev–Trinajstić information content (AvgIpc) is 2.98. The molecule has 1 aromatic rings. The van der Waals surface area contributed by atoms with Crippen molar-refractivity contribution in [3.8, 4) is 0 Å². The fourth-order valence-electron chi connectivity index (χ4n) is 3.66. The number of nitrogens with zero attached hydrogens (tertiary/aromatic N) is 1. The van der Waals surface area contributed by atoms with Gasteiger partial charge in [-0.15, -0.1) is 0 Å². The summed E-state index contributed by atoms with van der Waals surface area (Å²) >= 11 is 0. The molecule has 4 nitrogen and oxygen atoms in total. The van der Waals surface area contributed by atoms with E-state index in [4.69, 9.17) is 13.9 Å². The monoisotopic (exact) mass is 279 g/mol. The Balaban J connectivity index is 1.68. The number of hydrogen-bond acceptors (Lipinski definition) is 4. The molecule has 0 saturated carbocycles. The van der Waals surface area contributed by atoms with Gasteiger partial charge in [0.2, 0.25) is 0 Å². The Morgan fingerprint density at radius 2 is 2.45 bits per heavy atom. The lowest BCUT2D eigenvalue weighted by molar-refractivity contribution is -0.153. The Labute approximate surface area is 121 Å². The highest BCUT2D eigenvalue weighted by molar-refractivity contribution is 5.01. The van der Waals surface area contributed by atoms with Crippen molar-refractivity contribution in [1.82, 2.24) is 4.90 Å². The highest BCUT2D eigenvalue weighted by Crippen LogP contribution is 2.40. The Bertz CT molecular complexity index is 406. The zero-order valence-corrected chi connectivity index (χ0v) is 12.3. The van der Waals surface area contributed by atoms with Gasteiger partial charge in [0.15, 0.2) is 0 Å². The Morgan fingerprint density at radius 1 is 1.50 bits per heavy atom. The van der Waals surface area contributed by atoms with Gasteiger partial charge in [-0.1, -0.05) is 0 Å². The van der Waals surface area contributed by atoms with E-state index in [-0.39, 0.29) is 5.41 Å². The van der Waals surface area contributed by atoms with E-state index in [1.165, 1.54) is 6.42 Å². The minimum atomic E-state index is 0.180. The number of likely N-dealkylation sites (tertiary alicyclic amines) is 1. The van der Waals surface area contributed by atoms with E-state index < -0.39 is 0 Å². The van der Waals surface area contributed by atoms with E-state index >= 15 is 0 Å². The molecule has 112 valence electrons. The third-order valence-electron chi connectivity index (χ3n) is 4.62.